The Morgan fingerprint density at radius 3 is 2.68 bits per heavy atom. The second kappa shape index (κ2) is 5.90. The SMILES string of the molecule is O=C1/C(=C/c2cccc(O)c2)SC(=S)N1c1cccc(F)c1. The molecule has 1 N–H and O–H groups in total. The van der Waals surface area contributed by atoms with Gasteiger partial charge in [-0.1, -0.05) is 42.2 Å². The molecule has 3 rings (SSSR count). The fourth-order valence-electron chi connectivity index (χ4n) is 2.07. The summed E-state index contributed by atoms with van der Waals surface area (Å²) >= 11 is 6.37. The van der Waals surface area contributed by atoms with Crippen LogP contribution in [0.3, 0.4) is 0 Å². The third kappa shape index (κ3) is 2.88. The Kier molecular flexibility index (Phi) is 3.96. The lowest BCUT2D eigenvalue weighted by Gasteiger charge is -2.14. The first-order chi connectivity index (χ1) is 10.5. The number of nitrogens with zero attached hydrogens (tertiary/aromatic N) is 1. The number of phenols is 1. The smallest absolute Gasteiger partial charge is 0.270 e. The first-order valence-corrected chi connectivity index (χ1v) is 7.59. The number of hydrogen-bond donors (Lipinski definition) is 1. The van der Waals surface area contributed by atoms with Crippen molar-refractivity contribution in [3.8, 4) is 5.75 Å². The number of aromatic hydroxyl groups is 1. The Balaban J connectivity index is 1.95. The largest absolute Gasteiger partial charge is 0.508 e. The van der Waals surface area contributed by atoms with E-state index in [0.29, 0.717) is 20.5 Å². The number of thioether (sulfide) groups is 1. The van der Waals surface area contributed by atoms with Gasteiger partial charge >= 0.3 is 0 Å². The standard InChI is InChI=1S/C16H10FNO2S2/c17-11-4-2-5-12(9-11)18-15(20)14(22-16(18)21)8-10-3-1-6-13(19)7-10/h1-9,19H/b14-8-. The van der Waals surface area contributed by atoms with E-state index in [1.807, 2.05) is 0 Å². The van der Waals surface area contributed by atoms with Crippen LogP contribution in [-0.4, -0.2) is 15.3 Å². The van der Waals surface area contributed by atoms with Gasteiger partial charge in [-0.2, -0.15) is 0 Å². The number of hydrogen-bond acceptors (Lipinski definition) is 4. The summed E-state index contributed by atoms with van der Waals surface area (Å²) in [5.74, 6) is -0.609. The summed E-state index contributed by atoms with van der Waals surface area (Å²) in [6.45, 7) is 0. The van der Waals surface area contributed by atoms with Gasteiger partial charge in [-0.15, -0.1) is 0 Å². The van der Waals surface area contributed by atoms with Crippen LogP contribution in [0, 0.1) is 5.82 Å². The van der Waals surface area contributed by atoms with Crippen molar-refractivity contribution >= 4 is 46.0 Å². The van der Waals surface area contributed by atoms with Crippen LogP contribution in [0.4, 0.5) is 10.1 Å². The number of rotatable bonds is 2. The molecule has 0 spiro atoms. The van der Waals surface area contributed by atoms with E-state index in [0.717, 1.165) is 11.8 Å². The number of carbonyl (C=O) groups excluding carboxylic acids is 1. The lowest BCUT2D eigenvalue weighted by Crippen LogP contribution is -2.27. The zero-order chi connectivity index (χ0) is 15.7. The van der Waals surface area contributed by atoms with E-state index in [1.54, 1.807) is 36.4 Å². The van der Waals surface area contributed by atoms with Gasteiger partial charge in [0.25, 0.3) is 5.91 Å². The molecule has 1 heterocycles. The number of amides is 1. The molecule has 2 aromatic rings. The second-order valence-corrected chi connectivity index (χ2v) is 6.27. The molecule has 1 aliphatic rings. The van der Waals surface area contributed by atoms with Crippen LogP contribution in [0.5, 0.6) is 5.75 Å². The highest BCUT2D eigenvalue weighted by Crippen LogP contribution is 2.36. The predicted octanol–water partition coefficient (Wildman–Crippen LogP) is 3.94. The van der Waals surface area contributed by atoms with Gasteiger partial charge in [0.2, 0.25) is 0 Å². The summed E-state index contributed by atoms with van der Waals surface area (Å²) in [4.78, 5) is 14.2. The molecule has 1 amide bonds. The molecule has 6 heteroatoms. The summed E-state index contributed by atoms with van der Waals surface area (Å²) in [6.07, 6.45) is 1.65. The maximum Gasteiger partial charge on any atom is 0.270 e. The third-order valence-electron chi connectivity index (χ3n) is 3.03. The van der Waals surface area contributed by atoms with Crippen molar-refractivity contribution in [1.29, 1.82) is 0 Å². The quantitative estimate of drug-likeness (QED) is 0.668. The maximum atomic E-state index is 13.3. The highest BCUT2D eigenvalue weighted by Gasteiger charge is 2.33. The van der Waals surface area contributed by atoms with Crippen molar-refractivity contribution in [3.05, 3.63) is 64.8 Å². The molecule has 2 aromatic carbocycles. The second-order valence-electron chi connectivity index (χ2n) is 4.59. The minimum absolute atomic E-state index is 0.120. The van der Waals surface area contributed by atoms with E-state index in [2.05, 4.69) is 0 Å². The molecule has 0 radical (unpaired) electrons. The summed E-state index contributed by atoms with van der Waals surface area (Å²) in [7, 11) is 0. The summed E-state index contributed by atoms with van der Waals surface area (Å²) in [5.41, 5.74) is 1.10. The first-order valence-electron chi connectivity index (χ1n) is 6.37. The molecule has 0 aromatic heterocycles. The molecule has 110 valence electrons. The van der Waals surface area contributed by atoms with Crippen molar-refractivity contribution in [3.63, 3.8) is 0 Å². The van der Waals surface area contributed by atoms with E-state index < -0.39 is 5.82 Å². The first kappa shape index (κ1) is 14.7. The predicted molar refractivity (Wildman–Crippen MR) is 90.2 cm³/mol. The molecule has 0 saturated carbocycles. The monoisotopic (exact) mass is 331 g/mol. The Morgan fingerprint density at radius 1 is 1.18 bits per heavy atom. The Morgan fingerprint density at radius 2 is 1.95 bits per heavy atom. The van der Waals surface area contributed by atoms with Crippen molar-refractivity contribution in [2.24, 2.45) is 0 Å². The molecule has 3 nitrogen and oxygen atoms in total. The van der Waals surface area contributed by atoms with Gasteiger partial charge in [0.05, 0.1) is 10.6 Å². The minimum Gasteiger partial charge on any atom is -0.508 e. The number of halogens is 1. The summed E-state index contributed by atoms with van der Waals surface area (Å²) in [5, 5.41) is 9.47. The molecule has 22 heavy (non-hydrogen) atoms. The molecule has 0 bridgehead atoms. The van der Waals surface area contributed by atoms with Gasteiger partial charge in [0.15, 0.2) is 4.32 Å². The molecule has 0 atom stereocenters. The molecule has 1 saturated heterocycles. The van der Waals surface area contributed by atoms with E-state index in [4.69, 9.17) is 12.2 Å². The number of thiocarbonyl (C=S) groups is 1. The normalized spacial score (nSPS) is 16.6. The summed E-state index contributed by atoms with van der Waals surface area (Å²) in [6, 6.07) is 12.3. The van der Waals surface area contributed by atoms with Crippen LogP contribution in [-0.2, 0) is 4.79 Å². The minimum atomic E-state index is -0.427. The van der Waals surface area contributed by atoms with Gasteiger partial charge in [-0.05, 0) is 42.0 Å². The highest BCUT2D eigenvalue weighted by molar-refractivity contribution is 8.27. The molecular weight excluding hydrogens is 321 g/mol. The lowest BCUT2D eigenvalue weighted by molar-refractivity contribution is -0.113. The number of anilines is 1. The number of phenolic OH excluding ortho intramolecular Hbond substituents is 1. The maximum absolute atomic E-state index is 13.3. The van der Waals surface area contributed by atoms with Crippen LogP contribution in [0.15, 0.2) is 53.4 Å². The molecular formula is C16H10FNO2S2. The Bertz CT molecular complexity index is 804. The van der Waals surface area contributed by atoms with Crippen molar-refractivity contribution < 1.29 is 14.3 Å². The van der Waals surface area contributed by atoms with E-state index in [-0.39, 0.29) is 11.7 Å². The molecule has 0 unspecified atom stereocenters. The van der Waals surface area contributed by atoms with Crippen molar-refractivity contribution in [2.75, 3.05) is 4.90 Å². The molecule has 1 fully saturated rings. The van der Waals surface area contributed by atoms with Crippen LogP contribution in [0.2, 0.25) is 0 Å². The van der Waals surface area contributed by atoms with Crippen molar-refractivity contribution in [2.45, 2.75) is 0 Å². The average molecular weight is 331 g/mol. The fourth-order valence-corrected chi connectivity index (χ4v) is 3.37. The van der Waals surface area contributed by atoms with E-state index in [1.165, 1.54) is 23.1 Å². The van der Waals surface area contributed by atoms with Gasteiger partial charge in [0, 0.05) is 0 Å². The zero-order valence-corrected chi connectivity index (χ0v) is 12.8. The van der Waals surface area contributed by atoms with Crippen LogP contribution in [0.1, 0.15) is 5.56 Å². The van der Waals surface area contributed by atoms with Gasteiger partial charge in [-0.3, -0.25) is 9.69 Å². The molecule has 1 aliphatic heterocycles. The highest BCUT2D eigenvalue weighted by atomic mass is 32.2. The zero-order valence-electron chi connectivity index (χ0n) is 11.2. The molecule has 0 aliphatic carbocycles. The Hall–Kier alpha value is -2.18. The van der Waals surface area contributed by atoms with E-state index >= 15 is 0 Å². The number of carbonyl (C=O) groups is 1. The van der Waals surface area contributed by atoms with E-state index in [9.17, 15) is 14.3 Å². The van der Waals surface area contributed by atoms with Crippen LogP contribution < -0.4 is 4.90 Å². The topological polar surface area (TPSA) is 40.5 Å². The summed E-state index contributed by atoms with van der Waals surface area (Å²) < 4.78 is 13.7. The van der Waals surface area contributed by atoms with Crippen LogP contribution in [0.25, 0.3) is 6.08 Å². The third-order valence-corrected chi connectivity index (χ3v) is 4.33. The van der Waals surface area contributed by atoms with Crippen LogP contribution >= 0.6 is 24.0 Å². The number of benzene rings is 2. The van der Waals surface area contributed by atoms with Crippen molar-refractivity contribution in [1.82, 2.24) is 0 Å². The average Bonchev–Trinajstić information content (AvgIpc) is 2.73. The van der Waals surface area contributed by atoms with Gasteiger partial charge in [-0.25, -0.2) is 4.39 Å². The van der Waals surface area contributed by atoms with Gasteiger partial charge < -0.3 is 5.11 Å². The Labute approximate surface area is 136 Å². The fraction of sp³-hybridized carbons (Fsp3) is 0. The van der Waals surface area contributed by atoms with Gasteiger partial charge in [0.1, 0.15) is 11.6 Å². The lowest BCUT2D eigenvalue weighted by atomic mass is 10.2.